The average Bonchev–Trinajstić information content (AvgIpc) is 2.55. The maximum absolute atomic E-state index is 9.14. The molecule has 1 aromatic heterocycles. The third-order valence-corrected chi connectivity index (χ3v) is 5.48. The fourth-order valence-corrected chi connectivity index (χ4v) is 4.03. The van der Waals surface area contributed by atoms with E-state index in [1.54, 1.807) is 0 Å². The number of halogens is 1. The zero-order valence-electron chi connectivity index (χ0n) is 12.7. The summed E-state index contributed by atoms with van der Waals surface area (Å²) in [6.45, 7) is 0.919. The van der Waals surface area contributed by atoms with Gasteiger partial charge in [-0.05, 0) is 49.1 Å². The summed E-state index contributed by atoms with van der Waals surface area (Å²) in [5, 5.41) is 13.5. The second-order valence-electron chi connectivity index (χ2n) is 6.37. The SMILES string of the molecule is N#Cc1ncc2c(n1)C(C1(c3ccc(Cl)cc3)CCC1)NCC2. The second-order valence-corrected chi connectivity index (χ2v) is 6.81. The first-order chi connectivity index (χ1) is 11.2. The topological polar surface area (TPSA) is 61.6 Å². The first-order valence-electron chi connectivity index (χ1n) is 7.98. The number of aromatic nitrogens is 2. The molecule has 0 spiro atoms. The van der Waals surface area contributed by atoms with Crippen LogP contribution >= 0.6 is 11.6 Å². The lowest BCUT2D eigenvalue weighted by Gasteiger charge is -2.50. The van der Waals surface area contributed by atoms with Crippen LogP contribution in [0.15, 0.2) is 30.5 Å². The van der Waals surface area contributed by atoms with Crippen LogP contribution < -0.4 is 5.32 Å². The zero-order valence-corrected chi connectivity index (χ0v) is 13.5. The molecule has 2 aliphatic rings. The molecule has 1 aliphatic heterocycles. The van der Waals surface area contributed by atoms with E-state index in [-0.39, 0.29) is 17.3 Å². The van der Waals surface area contributed by atoms with Gasteiger partial charge in [0.15, 0.2) is 0 Å². The smallest absolute Gasteiger partial charge is 0.232 e. The fourth-order valence-electron chi connectivity index (χ4n) is 3.90. The van der Waals surface area contributed by atoms with E-state index in [4.69, 9.17) is 16.9 Å². The van der Waals surface area contributed by atoms with Crippen molar-refractivity contribution in [3.05, 3.63) is 58.1 Å². The average molecular weight is 325 g/mol. The van der Waals surface area contributed by atoms with Gasteiger partial charge in [0.2, 0.25) is 5.82 Å². The van der Waals surface area contributed by atoms with Crippen molar-refractivity contribution in [2.75, 3.05) is 6.54 Å². The normalized spacial score (nSPS) is 21.8. The van der Waals surface area contributed by atoms with Gasteiger partial charge < -0.3 is 5.32 Å². The van der Waals surface area contributed by atoms with E-state index in [0.29, 0.717) is 0 Å². The molecule has 0 amide bonds. The van der Waals surface area contributed by atoms with E-state index in [1.807, 2.05) is 18.3 Å². The van der Waals surface area contributed by atoms with Crippen molar-refractivity contribution < 1.29 is 0 Å². The molecule has 116 valence electrons. The van der Waals surface area contributed by atoms with Crippen LogP contribution in [0.3, 0.4) is 0 Å². The molecule has 23 heavy (non-hydrogen) atoms. The summed E-state index contributed by atoms with van der Waals surface area (Å²) >= 11 is 6.06. The Morgan fingerprint density at radius 3 is 2.70 bits per heavy atom. The van der Waals surface area contributed by atoms with Crippen molar-refractivity contribution in [1.29, 1.82) is 5.26 Å². The maximum Gasteiger partial charge on any atom is 0.232 e. The van der Waals surface area contributed by atoms with Gasteiger partial charge in [-0.15, -0.1) is 0 Å². The first-order valence-corrected chi connectivity index (χ1v) is 8.36. The van der Waals surface area contributed by atoms with Crippen LogP contribution in [-0.4, -0.2) is 16.5 Å². The molecular formula is C18H17ClN4. The van der Waals surface area contributed by atoms with Crippen LogP contribution in [0.5, 0.6) is 0 Å². The van der Waals surface area contributed by atoms with Gasteiger partial charge in [-0.2, -0.15) is 5.26 Å². The van der Waals surface area contributed by atoms with Crippen LogP contribution in [-0.2, 0) is 11.8 Å². The van der Waals surface area contributed by atoms with Gasteiger partial charge in [0.25, 0.3) is 0 Å². The van der Waals surface area contributed by atoms with Crippen LogP contribution in [0, 0.1) is 11.3 Å². The van der Waals surface area contributed by atoms with Crippen LogP contribution in [0.2, 0.25) is 5.02 Å². The number of nitrogens with zero attached hydrogens (tertiary/aromatic N) is 3. The molecule has 0 bridgehead atoms. The highest BCUT2D eigenvalue weighted by Gasteiger charge is 2.48. The number of rotatable bonds is 2. The minimum absolute atomic E-state index is 0.0425. The zero-order chi connectivity index (χ0) is 15.9. The molecular weight excluding hydrogens is 308 g/mol. The maximum atomic E-state index is 9.14. The molecule has 1 aliphatic carbocycles. The first kappa shape index (κ1) is 14.6. The highest BCUT2D eigenvalue weighted by Crippen LogP contribution is 2.53. The number of nitriles is 1. The van der Waals surface area contributed by atoms with Gasteiger partial charge in [-0.25, -0.2) is 9.97 Å². The van der Waals surface area contributed by atoms with E-state index in [2.05, 4.69) is 33.5 Å². The minimum atomic E-state index is 0.0425. The predicted octanol–water partition coefficient (Wildman–Crippen LogP) is 3.31. The summed E-state index contributed by atoms with van der Waals surface area (Å²) in [6.07, 6.45) is 6.19. The molecule has 0 radical (unpaired) electrons. The van der Waals surface area contributed by atoms with Crippen molar-refractivity contribution >= 4 is 11.6 Å². The highest BCUT2D eigenvalue weighted by atomic mass is 35.5. The molecule has 1 saturated carbocycles. The number of benzene rings is 1. The Bertz CT molecular complexity index is 775. The van der Waals surface area contributed by atoms with Gasteiger partial charge >= 0.3 is 0 Å². The highest BCUT2D eigenvalue weighted by molar-refractivity contribution is 6.30. The Hall–Kier alpha value is -1.96. The van der Waals surface area contributed by atoms with Crippen LogP contribution in [0.1, 0.15) is 47.9 Å². The summed E-state index contributed by atoms with van der Waals surface area (Å²) in [5.41, 5.74) is 3.50. The Morgan fingerprint density at radius 2 is 2.04 bits per heavy atom. The molecule has 1 fully saturated rings. The number of fused-ring (bicyclic) bond motifs is 1. The summed E-state index contributed by atoms with van der Waals surface area (Å²) in [7, 11) is 0. The summed E-state index contributed by atoms with van der Waals surface area (Å²) in [6, 6.07) is 10.4. The lowest BCUT2D eigenvalue weighted by atomic mass is 9.58. The third-order valence-electron chi connectivity index (χ3n) is 5.23. The molecule has 4 rings (SSSR count). The van der Waals surface area contributed by atoms with E-state index >= 15 is 0 Å². The summed E-state index contributed by atoms with van der Waals surface area (Å²) in [5.74, 6) is 0.253. The number of hydrogen-bond donors (Lipinski definition) is 1. The largest absolute Gasteiger partial charge is 0.308 e. The van der Waals surface area contributed by atoms with E-state index in [0.717, 1.165) is 42.1 Å². The lowest BCUT2D eigenvalue weighted by molar-refractivity contribution is 0.161. The number of nitrogens with one attached hydrogen (secondary N) is 1. The standard InChI is InChI=1S/C18H17ClN4/c19-14-4-2-13(3-5-14)18(7-1-8-18)17-16-12(6-9-21-17)11-22-15(10-20)23-16/h2-5,11,17,21H,1,6-9H2. The summed E-state index contributed by atoms with van der Waals surface area (Å²) in [4.78, 5) is 8.68. The van der Waals surface area contributed by atoms with Crippen molar-refractivity contribution in [1.82, 2.24) is 15.3 Å². The van der Waals surface area contributed by atoms with Gasteiger partial charge in [0, 0.05) is 16.6 Å². The van der Waals surface area contributed by atoms with Gasteiger partial charge in [0.05, 0.1) is 11.7 Å². The lowest BCUT2D eigenvalue weighted by Crippen LogP contribution is -2.49. The molecule has 0 saturated heterocycles. The number of hydrogen-bond acceptors (Lipinski definition) is 4. The third kappa shape index (κ3) is 2.32. The molecule has 1 unspecified atom stereocenters. The van der Waals surface area contributed by atoms with Crippen LogP contribution in [0.4, 0.5) is 0 Å². The Balaban J connectivity index is 1.81. The monoisotopic (exact) mass is 324 g/mol. The quantitative estimate of drug-likeness (QED) is 0.920. The van der Waals surface area contributed by atoms with Crippen molar-refractivity contribution in [2.24, 2.45) is 0 Å². The van der Waals surface area contributed by atoms with E-state index < -0.39 is 0 Å². The second kappa shape index (κ2) is 5.59. The van der Waals surface area contributed by atoms with Crippen molar-refractivity contribution in [3.8, 4) is 6.07 Å². The molecule has 2 aromatic rings. The fraction of sp³-hybridized carbons (Fsp3) is 0.389. The van der Waals surface area contributed by atoms with Crippen molar-refractivity contribution in [3.63, 3.8) is 0 Å². The van der Waals surface area contributed by atoms with Crippen molar-refractivity contribution in [2.45, 2.75) is 37.1 Å². The Morgan fingerprint density at radius 1 is 1.26 bits per heavy atom. The minimum Gasteiger partial charge on any atom is -0.308 e. The Kier molecular flexibility index (Phi) is 3.56. The summed E-state index contributed by atoms with van der Waals surface area (Å²) < 4.78 is 0. The predicted molar refractivity (Wildman–Crippen MR) is 88.2 cm³/mol. The Labute approximate surface area is 140 Å². The molecule has 5 heteroatoms. The van der Waals surface area contributed by atoms with Gasteiger partial charge in [-0.1, -0.05) is 30.2 Å². The van der Waals surface area contributed by atoms with Gasteiger partial charge in [0.1, 0.15) is 6.07 Å². The molecule has 1 N–H and O–H groups in total. The van der Waals surface area contributed by atoms with Gasteiger partial charge in [-0.3, -0.25) is 0 Å². The van der Waals surface area contributed by atoms with E-state index in [9.17, 15) is 0 Å². The van der Waals surface area contributed by atoms with E-state index in [1.165, 1.54) is 12.0 Å². The molecule has 4 nitrogen and oxygen atoms in total. The van der Waals surface area contributed by atoms with Crippen LogP contribution in [0.25, 0.3) is 0 Å². The molecule has 1 aromatic carbocycles. The molecule has 2 heterocycles. The molecule has 1 atom stereocenters.